The van der Waals surface area contributed by atoms with Gasteiger partial charge in [-0.05, 0) is 73.4 Å². The molecule has 0 spiro atoms. The lowest BCUT2D eigenvalue weighted by Crippen LogP contribution is -2.30. The van der Waals surface area contributed by atoms with E-state index in [1.807, 2.05) is 103 Å². The highest BCUT2D eigenvalue weighted by molar-refractivity contribution is 5.94. The maximum Gasteiger partial charge on any atom is 0.254 e. The van der Waals surface area contributed by atoms with E-state index in [0.717, 1.165) is 28.2 Å². The molecule has 36 heavy (non-hydrogen) atoms. The lowest BCUT2D eigenvalue weighted by Gasteiger charge is -2.24. The van der Waals surface area contributed by atoms with Crippen LogP contribution in [0.5, 0.6) is 11.5 Å². The van der Waals surface area contributed by atoms with E-state index < -0.39 is 0 Å². The van der Waals surface area contributed by atoms with Crippen molar-refractivity contribution < 1.29 is 14.3 Å². The van der Waals surface area contributed by atoms with Crippen LogP contribution in [0.4, 0.5) is 0 Å². The first-order valence-electron chi connectivity index (χ1n) is 12.4. The number of aryl methyl sites for hydroxylation is 2. The van der Waals surface area contributed by atoms with Gasteiger partial charge in [-0.25, -0.2) is 0 Å². The zero-order valence-electron chi connectivity index (χ0n) is 21.2. The second-order valence-electron chi connectivity index (χ2n) is 8.92. The van der Waals surface area contributed by atoms with Crippen molar-refractivity contribution in [2.45, 2.75) is 40.5 Å². The van der Waals surface area contributed by atoms with Crippen LogP contribution in [-0.4, -0.2) is 17.4 Å². The van der Waals surface area contributed by atoms with Crippen LogP contribution in [0.1, 0.15) is 45.1 Å². The molecule has 4 rings (SSSR count). The van der Waals surface area contributed by atoms with Crippen LogP contribution in [0.3, 0.4) is 0 Å². The summed E-state index contributed by atoms with van der Waals surface area (Å²) in [7, 11) is 0. The molecule has 0 aliphatic carbocycles. The van der Waals surface area contributed by atoms with Gasteiger partial charge in [-0.3, -0.25) is 4.79 Å². The monoisotopic (exact) mass is 479 g/mol. The van der Waals surface area contributed by atoms with Crippen LogP contribution in [0.25, 0.3) is 0 Å². The summed E-state index contributed by atoms with van der Waals surface area (Å²) in [6, 6.07) is 31.8. The molecular formula is C32H33NO3. The fourth-order valence-electron chi connectivity index (χ4n) is 4.08. The topological polar surface area (TPSA) is 38.8 Å². The zero-order valence-corrected chi connectivity index (χ0v) is 21.2. The van der Waals surface area contributed by atoms with E-state index in [1.54, 1.807) is 0 Å². The van der Waals surface area contributed by atoms with E-state index in [0.29, 0.717) is 31.9 Å². The minimum absolute atomic E-state index is 0.0295. The molecule has 4 nitrogen and oxygen atoms in total. The van der Waals surface area contributed by atoms with Crippen LogP contribution >= 0.6 is 0 Å². The van der Waals surface area contributed by atoms with Gasteiger partial charge >= 0.3 is 0 Å². The van der Waals surface area contributed by atoms with Crippen molar-refractivity contribution in [3.63, 3.8) is 0 Å². The molecule has 0 aliphatic rings. The Balaban J connectivity index is 1.60. The Morgan fingerprint density at radius 3 is 1.94 bits per heavy atom. The van der Waals surface area contributed by atoms with Crippen molar-refractivity contribution in [2.24, 2.45) is 0 Å². The number of hydrogen-bond acceptors (Lipinski definition) is 3. The number of rotatable bonds is 10. The lowest BCUT2D eigenvalue weighted by atomic mass is 10.1. The smallest absolute Gasteiger partial charge is 0.254 e. The summed E-state index contributed by atoms with van der Waals surface area (Å²) in [4.78, 5) is 15.7. The molecule has 1 amide bonds. The van der Waals surface area contributed by atoms with Gasteiger partial charge < -0.3 is 14.4 Å². The average Bonchev–Trinajstić information content (AvgIpc) is 2.90. The van der Waals surface area contributed by atoms with Gasteiger partial charge in [0.2, 0.25) is 0 Å². The summed E-state index contributed by atoms with van der Waals surface area (Å²) in [5.74, 6) is 1.50. The summed E-state index contributed by atoms with van der Waals surface area (Å²) in [5, 5.41) is 0. The molecule has 0 saturated carbocycles. The molecule has 0 aromatic heterocycles. The molecule has 0 atom stereocenters. The number of hydrogen-bond donors (Lipinski definition) is 0. The van der Waals surface area contributed by atoms with Crippen molar-refractivity contribution in [3.8, 4) is 11.5 Å². The summed E-state index contributed by atoms with van der Waals surface area (Å²) in [6.07, 6.45) is 0. The number of amides is 1. The van der Waals surface area contributed by atoms with Gasteiger partial charge in [0.05, 0.1) is 6.61 Å². The van der Waals surface area contributed by atoms with Crippen LogP contribution < -0.4 is 9.47 Å². The highest BCUT2D eigenvalue weighted by Gasteiger charge is 2.19. The summed E-state index contributed by atoms with van der Waals surface area (Å²) in [5.41, 5.74) is 6.04. The predicted molar refractivity (Wildman–Crippen MR) is 144 cm³/mol. The summed E-state index contributed by atoms with van der Waals surface area (Å²) < 4.78 is 11.9. The Hall–Kier alpha value is -4.05. The van der Waals surface area contributed by atoms with Crippen LogP contribution in [-0.2, 0) is 19.7 Å². The number of carbonyl (C=O) groups excluding carboxylic acids is 1. The van der Waals surface area contributed by atoms with Crippen molar-refractivity contribution in [1.82, 2.24) is 4.90 Å². The molecular weight excluding hydrogens is 446 g/mol. The van der Waals surface area contributed by atoms with Gasteiger partial charge in [0, 0.05) is 24.2 Å². The Bertz CT molecular complexity index is 1240. The third kappa shape index (κ3) is 6.54. The van der Waals surface area contributed by atoms with Crippen LogP contribution in [0, 0.1) is 13.8 Å². The van der Waals surface area contributed by atoms with Gasteiger partial charge in [-0.15, -0.1) is 0 Å². The zero-order chi connectivity index (χ0) is 25.3. The van der Waals surface area contributed by atoms with Gasteiger partial charge in [0.1, 0.15) is 18.1 Å². The van der Waals surface area contributed by atoms with Crippen molar-refractivity contribution in [3.05, 3.63) is 130 Å². The fraction of sp³-hybridized carbons (Fsp3) is 0.219. The Morgan fingerprint density at radius 1 is 0.722 bits per heavy atom. The molecule has 0 fully saturated rings. The molecule has 0 aliphatic heterocycles. The number of carbonyl (C=O) groups is 1. The highest BCUT2D eigenvalue weighted by Crippen LogP contribution is 2.25. The molecule has 0 saturated heterocycles. The third-order valence-electron chi connectivity index (χ3n) is 6.20. The second kappa shape index (κ2) is 12.1. The van der Waals surface area contributed by atoms with E-state index in [-0.39, 0.29) is 5.91 Å². The van der Waals surface area contributed by atoms with Crippen molar-refractivity contribution in [1.29, 1.82) is 0 Å². The van der Waals surface area contributed by atoms with Crippen LogP contribution in [0.15, 0.2) is 97.1 Å². The maximum atomic E-state index is 13.8. The first kappa shape index (κ1) is 25.1. The van der Waals surface area contributed by atoms with Gasteiger partial charge in [-0.1, -0.05) is 66.7 Å². The Labute approximate surface area is 214 Å². The Morgan fingerprint density at radius 2 is 1.36 bits per heavy atom. The van der Waals surface area contributed by atoms with E-state index in [2.05, 4.69) is 19.9 Å². The number of ether oxygens (including phenoxy) is 2. The normalized spacial score (nSPS) is 10.6. The molecule has 4 aromatic carbocycles. The quantitative estimate of drug-likeness (QED) is 0.243. The third-order valence-corrected chi connectivity index (χ3v) is 6.20. The van der Waals surface area contributed by atoms with Crippen molar-refractivity contribution >= 4 is 5.91 Å². The summed E-state index contributed by atoms with van der Waals surface area (Å²) >= 11 is 0. The molecule has 0 unspecified atom stereocenters. The molecule has 4 aromatic rings. The minimum Gasteiger partial charge on any atom is -0.493 e. The van der Waals surface area contributed by atoms with E-state index in [4.69, 9.17) is 9.47 Å². The SMILES string of the molecule is CCOc1ccc(C(=O)N(Cc2ccccc2)Cc2ccccc2)cc1COc1ccc(C)c(C)c1. The number of nitrogens with zero attached hydrogens (tertiary/aromatic N) is 1. The maximum absolute atomic E-state index is 13.8. The number of benzene rings is 4. The first-order chi connectivity index (χ1) is 17.5. The molecule has 0 bridgehead atoms. The second-order valence-corrected chi connectivity index (χ2v) is 8.92. The fourth-order valence-corrected chi connectivity index (χ4v) is 4.08. The molecule has 0 heterocycles. The van der Waals surface area contributed by atoms with Crippen LogP contribution in [0.2, 0.25) is 0 Å². The largest absolute Gasteiger partial charge is 0.493 e. The molecule has 0 radical (unpaired) electrons. The van der Waals surface area contributed by atoms with E-state index in [9.17, 15) is 4.79 Å². The first-order valence-corrected chi connectivity index (χ1v) is 12.4. The predicted octanol–water partition coefficient (Wildman–Crippen LogP) is 7.12. The van der Waals surface area contributed by atoms with Crippen molar-refractivity contribution in [2.75, 3.05) is 6.61 Å². The molecule has 184 valence electrons. The average molecular weight is 480 g/mol. The van der Waals surface area contributed by atoms with E-state index in [1.165, 1.54) is 11.1 Å². The highest BCUT2D eigenvalue weighted by atomic mass is 16.5. The molecule has 0 N–H and O–H groups in total. The van der Waals surface area contributed by atoms with Gasteiger partial charge in [0.25, 0.3) is 5.91 Å². The van der Waals surface area contributed by atoms with Gasteiger partial charge in [-0.2, -0.15) is 0 Å². The molecule has 4 heteroatoms. The lowest BCUT2D eigenvalue weighted by molar-refractivity contribution is 0.0729. The minimum atomic E-state index is -0.0295. The standard InChI is InChI=1S/C32H33NO3/c1-4-35-31-18-16-28(20-29(31)23-36-30-17-15-24(2)25(3)19-30)32(34)33(21-26-11-7-5-8-12-26)22-27-13-9-6-10-14-27/h5-20H,4,21-23H2,1-3H3. The summed E-state index contributed by atoms with van der Waals surface area (Å²) in [6.45, 7) is 8.01. The Kier molecular flexibility index (Phi) is 8.40. The van der Waals surface area contributed by atoms with E-state index >= 15 is 0 Å². The van der Waals surface area contributed by atoms with Gasteiger partial charge in [0.15, 0.2) is 0 Å².